The van der Waals surface area contributed by atoms with Crippen LogP contribution in [0.5, 0.6) is 0 Å². The molecule has 17 heavy (non-hydrogen) atoms. The molecule has 1 atom stereocenters. The smallest absolute Gasteiger partial charge is 0.186 e. The predicted molar refractivity (Wildman–Crippen MR) is 75.8 cm³/mol. The van der Waals surface area contributed by atoms with E-state index in [0.29, 0.717) is 0 Å². The molecule has 86 valence electrons. The molecule has 1 aromatic heterocycles. The quantitative estimate of drug-likeness (QED) is 0.844. The maximum Gasteiger partial charge on any atom is 0.186 e. The first-order valence-corrected chi connectivity index (χ1v) is 7.16. The first-order valence-electron chi connectivity index (χ1n) is 5.08. The largest absolute Gasteiger partial charge is 0.318 e. The molecule has 1 N–H and O–H groups in total. The molecule has 1 unspecified atom stereocenters. The van der Waals surface area contributed by atoms with Gasteiger partial charge in [0.2, 0.25) is 0 Å². The molecule has 0 radical (unpaired) electrons. The molecule has 5 heteroatoms. The third-order valence-electron chi connectivity index (χ3n) is 2.60. The standard InChI is InChI=1S/C12H9ClN2S2/c13-10-5-3-9(4-6-10)12(14-8-15-17-12)11-2-1-7-16-11/h1-8H,(H,14,15). The zero-order chi connectivity index (χ0) is 11.7. The van der Waals surface area contributed by atoms with Crippen molar-refractivity contribution < 1.29 is 0 Å². The molecule has 0 bridgehead atoms. The Morgan fingerprint density at radius 2 is 2.00 bits per heavy atom. The average Bonchev–Trinajstić information content (AvgIpc) is 3.01. The van der Waals surface area contributed by atoms with Crippen LogP contribution in [0, 0.1) is 0 Å². The first kappa shape index (κ1) is 11.1. The van der Waals surface area contributed by atoms with Crippen LogP contribution >= 0.6 is 34.9 Å². The van der Waals surface area contributed by atoms with Gasteiger partial charge in [-0.1, -0.05) is 29.8 Å². The molecule has 1 aliphatic heterocycles. The van der Waals surface area contributed by atoms with E-state index in [1.807, 2.05) is 30.3 Å². The third-order valence-corrected chi connectivity index (χ3v) is 5.04. The van der Waals surface area contributed by atoms with Crippen molar-refractivity contribution in [1.82, 2.24) is 4.72 Å². The van der Waals surface area contributed by atoms with E-state index in [2.05, 4.69) is 21.2 Å². The fourth-order valence-electron chi connectivity index (χ4n) is 1.79. The van der Waals surface area contributed by atoms with Crippen LogP contribution in [0.3, 0.4) is 0 Å². The fraction of sp³-hybridized carbons (Fsp3) is 0.0833. The van der Waals surface area contributed by atoms with E-state index in [9.17, 15) is 0 Å². The van der Waals surface area contributed by atoms with Gasteiger partial charge >= 0.3 is 0 Å². The number of rotatable bonds is 2. The molecule has 1 aliphatic rings. The van der Waals surface area contributed by atoms with Gasteiger partial charge < -0.3 is 4.72 Å². The highest BCUT2D eigenvalue weighted by molar-refractivity contribution is 7.99. The van der Waals surface area contributed by atoms with E-state index in [1.165, 1.54) is 4.88 Å². The second-order valence-electron chi connectivity index (χ2n) is 3.61. The Kier molecular flexibility index (Phi) is 2.86. The van der Waals surface area contributed by atoms with Crippen molar-refractivity contribution in [3.63, 3.8) is 0 Å². The molecule has 0 amide bonds. The minimum absolute atomic E-state index is 0.362. The zero-order valence-electron chi connectivity index (χ0n) is 8.76. The topological polar surface area (TPSA) is 24.4 Å². The van der Waals surface area contributed by atoms with Crippen molar-refractivity contribution in [1.29, 1.82) is 0 Å². The van der Waals surface area contributed by atoms with Gasteiger partial charge in [0.1, 0.15) is 0 Å². The van der Waals surface area contributed by atoms with E-state index < -0.39 is 0 Å². The monoisotopic (exact) mass is 280 g/mol. The summed E-state index contributed by atoms with van der Waals surface area (Å²) >= 11 is 9.24. The molecule has 0 fully saturated rings. The second-order valence-corrected chi connectivity index (χ2v) is 6.02. The Bertz CT molecular complexity index is 536. The highest BCUT2D eigenvalue weighted by Gasteiger charge is 2.38. The summed E-state index contributed by atoms with van der Waals surface area (Å²) in [6, 6.07) is 12.0. The predicted octanol–water partition coefficient (Wildman–Crippen LogP) is 3.88. The molecule has 0 saturated carbocycles. The van der Waals surface area contributed by atoms with E-state index in [4.69, 9.17) is 11.6 Å². The van der Waals surface area contributed by atoms with Crippen LogP contribution in [0.4, 0.5) is 0 Å². The Balaban J connectivity index is 2.12. The summed E-state index contributed by atoms with van der Waals surface area (Å²) in [5.74, 6) is 0. The summed E-state index contributed by atoms with van der Waals surface area (Å²) in [5, 5.41) is 2.82. The summed E-state index contributed by atoms with van der Waals surface area (Å²) in [4.78, 5) is 5.46. The lowest BCUT2D eigenvalue weighted by Gasteiger charge is -2.23. The number of hydrogen-bond donors (Lipinski definition) is 1. The van der Waals surface area contributed by atoms with Crippen LogP contribution in [0.15, 0.2) is 46.8 Å². The number of hydrogen-bond acceptors (Lipinski definition) is 4. The summed E-state index contributed by atoms with van der Waals surface area (Å²) in [6.45, 7) is 0. The Morgan fingerprint density at radius 1 is 1.18 bits per heavy atom. The minimum Gasteiger partial charge on any atom is -0.318 e. The fourth-order valence-corrected chi connectivity index (χ4v) is 3.78. The summed E-state index contributed by atoms with van der Waals surface area (Å²) in [5.41, 5.74) is 1.13. The highest BCUT2D eigenvalue weighted by atomic mass is 35.5. The number of nitrogens with one attached hydrogen (secondary N) is 1. The van der Waals surface area contributed by atoms with Crippen LogP contribution in [0.25, 0.3) is 0 Å². The molecule has 2 aromatic rings. The van der Waals surface area contributed by atoms with Crippen molar-refractivity contribution >= 4 is 41.2 Å². The molecule has 0 aliphatic carbocycles. The van der Waals surface area contributed by atoms with Gasteiger partial charge in [0, 0.05) is 9.90 Å². The van der Waals surface area contributed by atoms with Crippen LogP contribution in [0.2, 0.25) is 5.02 Å². The molecule has 0 saturated heterocycles. The lowest BCUT2D eigenvalue weighted by atomic mass is 10.1. The van der Waals surface area contributed by atoms with Gasteiger partial charge in [0.15, 0.2) is 4.87 Å². The lowest BCUT2D eigenvalue weighted by molar-refractivity contribution is 0.829. The van der Waals surface area contributed by atoms with E-state index in [-0.39, 0.29) is 4.87 Å². The first-order chi connectivity index (χ1) is 8.31. The second kappa shape index (κ2) is 4.37. The summed E-state index contributed by atoms with van der Waals surface area (Å²) < 4.78 is 3.11. The van der Waals surface area contributed by atoms with E-state index in [1.54, 1.807) is 29.6 Å². The SMILES string of the molecule is Clc1ccc(C2(c3cccs3)N=CNS2)cc1. The Labute approximate surface area is 113 Å². The van der Waals surface area contributed by atoms with Crippen molar-refractivity contribution in [3.05, 3.63) is 57.2 Å². The van der Waals surface area contributed by atoms with Gasteiger partial charge in [-0.05, 0) is 41.1 Å². The molecule has 2 heterocycles. The molecule has 0 spiro atoms. The highest BCUT2D eigenvalue weighted by Crippen LogP contribution is 2.46. The van der Waals surface area contributed by atoms with Crippen molar-refractivity contribution in [2.24, 2.45) is 4.99 Å². The van der Waals surface area contributed by atoms with Gasteiger partial charge in [0.05, 0.1) is 6.34 Å². The maximum absolute atomic E-state index is 5.93. The number of thiophene rings is 1. The molecule has 1 aromatic carbocycles. The summed E-state index contributed by atoms with van der Waals surface area (Å²) in [7, 11) is 0. The molecular formula is C12H9ClN2S2. The normalized spacial score (nSPS) is 22.6. The van der Waals surface area contributed by atoms with Crippen molar-refractivity contribution in [2.75, 3.05) is 0 Å². The van der Waals surface area contributed by atoms with Gasteiger partial charge in [-0.3, -0.25) is 0 Å². The number of aliphatic imine (C=N–C) groups is 1. The molecule has 3 rings (SSSR count). The Morgan fingerprint density at radius 3 is 2.59 bits per heavy atom. The minimum atomic E-state index is -0.362. The Hall–Kier alpha value is -0.970. The van der Waals surface area contributed by atoms with Gasteiger partial charge in [-0.2, -0.15) is 0 Å². The third kappa shape index (κ3) is 1.86. The number of benzene rings is 1. The van der Waals surface area contributed by atoms with Gasteiger partial charge in [-0.25, -0.2) is 4.99 Å². The van der Waals surface area contributed by atoms with Crippen LogP contribution in [-0.2, 0) is 4.87 Å². The van der Waals surface area contributed by atoms with Gasteiger partial charge in [0.25, 0.3) is 0 Å². The average molecular weight is 281 g/mol. The lowest BCUT2D eigenvalue weighted by Crippen LogP contribution is -2.18. The zero-order valence-corrected chi connectivity index (χ0v) is 11.1. The maximum atomic E-state index is 5.93. The van der Waals surface area contributed by atoms with Crippen molar-refractivity contribution in [2.45, 2.75) is 4.87 Å². The van der Waals surface area contributed by atoms with Crippen LogP contribution in [-0.4, -0.2) is 6.34 Å². The number of halogens is 1. The van der Waals surface area contributed by atoms with Crippen LogP contribution < -0.4 is 4.72 Å². The van der Waals surface area contributed by atoms with Gasteiger partial charge in [-0.15, -0.1) is 11.3 Å². The summed E-state index contributed by atoms with van der Waals surface area (Å²) in [6.07, 6.45) is 1.75. The van der Waals surface area contributed by atoms with E-state index >= 15 is 0 Å². The number of nitrogens with zero attached hydrogens (tertiary/aromatic N) is 1. The molecule has 2 nitrogen and oxygen atoms in total. The van der Waals surface area contributed by atoms with E-state index in [0.717, 1.165) is 10.6 Å². The van der Waals surface area contributed by atoms with Crippen LogP contribution in [0.1, 0.15) is 10.4 Å². The van der Waals surface area contributed by atoms with Crippen molar-refractivity contribution in [3.8, 4) is 0 Å². The molecular weight excluding hydrogens is 272 g/mol.